The van der Waals surface area contributed by atoms with Gasteiger partial charge in [-0.1, -0.05) is 0 Å². The molecule has 4 heteroatoms. The van der Waals surface area contributed by atoms with E-state index in [0.717, 1.165) is 25.9 Å². The fraction of sp³-hybridized carbons (Fsp3) is 0.429. The number of hydrogen-bond acceptors (Lipinski definition) is 2. The van der Waals surface area contributed by atoms with Crippen molar-refractivity contribution in [2.45, 2.75) is 12.8 Å². The minimum Gasteiger partial charge on any atom is -0.339 e. The number of carbonyl (C=O) groups excluding carboxylic acids is 1. The predicted octanol–water partition coefficient (Wildman–Crippen LogP) is 2.65. The molecule has 0 aliphatic carbocycles. The van der Waals surface area contributed by atoms with Crippen LogP contribution in [-0.2, 0) is 0 Å². The number of hydrogen-bond donors (Lipinski definition) is 0. The van der Waals surface area contributed by atoms with Gasteiger partial charge in [-0.3, -0.25) is 4.79 Å². The van der Waals surface area contributed by atoms with Crippen LogP contribution in [0.1, 0.15) is 28.8 Å². The Hall–Kier alpha value is -1.53. The summed E-state index contributed by atoms with van der Waals surface area (Å²) in [7, 11) is 0. The maximum atomic E-state index is 12.2. The monoisotopic (exact) mass is 262 g/mol. The van der Waals surface area contributed by atoms with Crippen LogP contribution in [0.15, 0.2) is 24.3 Å². The van der Waals surface area contributed by atoms with Crippen molar-refractivity contribution < 1.29 is 4.79 Å². The molecular weight excluding hydrogens is 248 g/mol. The molecule has 0 bridgehead atoms. The van der Waals surface area contributed by atoms with Crippen LogP contribution in [0.3, 0.4) is 0 Å². The quantitative estimate of drug-likeness (QED) is 0.769. The average Bonchev–Trinajstić information content (AvgIpc) is 2.47. The Morgan fingerprint density at radius 3 is 2.44 bits per heavy atom. The molecule has 1 heterocycles. The van der Waals surface area contributed by atoms with E-state index in [0.29, 0.717) is 22.9 Å². The van der Waals surface area contributed by atoms with E-state index in [2.05, 4.69) is 0 Å². The van der Waals surface area contributed by atoms with Crippen LogP contribution in [0.4, 0.5) is 0 Å². The normalized spacial score (nSPS) is 16.3. The highest BCUT2D eigenvalue weighted by atomic mass is 35.5. The smallest absolute Gasteiger partial charge is 0.253 e. The minimum atomic E-state index is 0.0486. The number of alkyl halides is 1. The Morgan fingerprint density at radius 2 is 1.94 bits per heavy atom. The van der Waals surface area contributed by atoms with E-state index in [1.807, 2.05) is 11.0 Å². The summed E-state index contributed by atoms with van der Waals surface area (Å²) in [4.78, 5) is 14.1. The van der Waals surface area contributed by atoms with Gasteiger partial charge in [0.1, 0.15) is 0 Å². The Labute approximate surface area is 112 Å². The molecule has 0 N–H and O–H groups in total. The second-order valence-corrected chi connectivity index (χ2v) is 4.89. The van der Waals surface area contributed by atoms with Crippen LogP contribution in [0.25, 0.3) is 0 Å². The lowest BCUT2D eigenvalue weighted by atomic mass is 9.98. The van der Waals surface area contributed by atoms with Crippen LogP contribution < -0.4 is 0 Å². The fourth-order valence-corrected chi connectivity index (χ4v) is 2.47. The van der Waals surface area contributed by atoms with Gasteiger partial charge in [-0.05, 0) is 43.0 Å². The predicted molar refractivity (Wildman–Crippen MR) is 70.5 cm³/mol. The Kier molecular flexibility index (Phi) is 4.22. The molecule has 1 saturated heterocycles. The summed E-state index contributed by atoms with van der Waals surface area (Å²) in [6, 6.07) is 8.84. The summed E-state index contributed by atoms with van der Waals surface area (Å²) in [5.74, 6) is 1.27. The lowest BCUT2D eigenvalue weighted by Crippen LogP contribution is -2.38. The average molecular weight is 263 g/mol. The van der Waals surface area contributed by atoms with Gasteiger partial charge < -0.3 is 4.90 Å². The summed E-state index contributed by atoms with van der Waals surface area (Å²) in [5.41, 5.74) is 1.23. The molecule has 1 aliphatic rings. The molecular formula is C14H15ClN2O. The largest absolute Gasteiger partial charge is 0.339 e. The summed E-state index contributed by atoms with van der Waals surface area (Å²) in [6.07, 6.45) is 1.96. The number of carbonyl (C=O) groups is 1. The Bertz CT molecular complexity index is 456. The van der Waals surface area contributed by atoms with Gasteiger partial charge in [0.2, 0.25) is 0 Å². The third kappa shape index (κ3) is 2.83. The van der Waals surface area contributed by atoms with E-state index in [1.165, 1.54) is 0 Å². The van der Waals surface area contributed by atoms with Gasteiger partial charge in [-0.15, -0.1) is 11.6 Å². The third-order valence-corrected chi connectivity index (χ3v) is 3.82. The highest BCUT2D eigenvalue weighted by Gasteiger charge is 2.22. The summed E-state index contributed by atoms with van der Waals surface area (Å²) < 4.78 is 0. The topological polar surface area (TPSA) is 44.1 Å². The highest BCUT2D eigenvalue weighted by molar-refractivity contribution is 6.18. The minimum absolute atomic E-state index is 0.0486. The molecule has 0 radical (unpaired) electrons. The molecule has 1 aliphatic heterocycles. The maximum Gasteiger partial charge on any atom is 0.253 e. The van der Waals surface area contributed by atoms with E-state index >= 15 is 0 Å². The lowest BCUT2D eigenvalue weighted by Gasteiger charge is -2.31. The zero-order valence-corrected chi connectivity index (χ0v) is 10.9. The Balaban J connectivity index is 2.01. The number of nitriles is 1. The van der Waals surface area contributed by atoms with Gasteiger partial charge in [0.25, 0.3) is 5.91 Å². The van der Waals surface area contributed by atoms with Gasteiger partial charge in [0, 0.05) is 24.5 Å². The molecule has 0 aromatic heterocycles. The zero-order chi connectivity index (χ0) is 13.0. The molecule has 1 fully saturated rings. The molecule has 18 heavy (non-hydrogen) atoms. The summed E-state index contributed by atoms with van der Waals surface area (Å²) in [5, 5.41) is 8.71. The first-order chi connectivity index (χ1) is 8.74. The van der Waals surface area contributed by atoms with Crippen molar-refractivity contribution in [3.8, 4) is 6.07 Å². The molecule has 94 valence electrons. The molecule has 1 amide bonds. The zero-order valence-electron chi connectivity index (χ0n) is 10.1. The first-order valence-corrected chi connectivity index (χ1v) is 6.63. The van der Waals surface area contributed by atoms with E-state index in [4.69, 9.17) is 16.9 Å². The third-order valence-electron chi connectivity index (χ3n) is 3.38. The SMILES string of the molecule is N#Cc1ccc(C(=O)N2CCC(CCl)CC2)cc1. The molecule has 1 aromatic carbocycles. The van der Waals surface area contributed by atoms with Crippen LogP contribution in [-0.4, -0.2) is 29.8 Å². The van der Waals surface area contributed by atoms with E-state index < -0.39 is 0 Å². The number of piperidine rings is 1. The fourth-order valence-electron chi connectivity index (χ4n) is 2.16. The molecule has 1 aromatic rings. The van der Waals surface area contributed by atoms with Crippen molar-refractivity contribution in [3.05, 3.63) is 35.4 Å². The lowest BCUT2D eigenvalue weighted by molar-refractivity contribution is 0.0698. The molecule has 0 atom stereocenters. The van der Waals surface area contributed by atoms with Crippen molar-refractivity contribution in [2.24, 2.45) is 5.92 Å². The summed E-state index contributed by atoms with van der Waals surface area (Å²) in [6.45, 7) is 1.55. The van der Waals surface area contributed by atoms with Gasteiger partial charge >= 0.3 is 0 Å². The molecule has 0 spiro atoms. The van der Waals surface area contributed by atoms with Gasteiger partial charge in [0.15, 0.2) is 0 Å². The summed E-state index contributed by atoms with van der Waals surface area (Å²) >= 11 is 5.82. The van der Waals surface area contributed by atoms with Crippen molar-refractivity contribution in [1.82, 2.24) is 4.90 Å². The molecule has 3 nitrogen and oxygen atoms in total. The van der Waals surface area contributed by atoms with E-state index in [1.54, 1.807) is 24.3 Å². The number of amides is 1. The number of halogens is 1. The van der Waals surface area contributed by atoms with Crippen LogP contribution in [0.5, 0.6) is 0 Å². The molecule has 2 rings (SSSR count). The maximum absolute atomic E-state index is 12.2. The number of nitrogens with zero attached hydrogens (tertiary/aromatic N) is 2. The molecule has 0 saturated carbocycles. The van der Waals surface area contributed by atoms with Crippen LogP contribution in [0.2, 0.25) is 0 Å². The van der Waals surface area contributed by atoms with Crippen LogP contribution in [0, 0.1) is 17.2 Å². The van der Waals surface area contributed by atoms with Crippen molar-refractivity contribution >= 4 is 17.5 Å². The van der Waals surface area contributed by atoms with Crippen molar-refractivity contribution in [2.75, 3.05) is 19.0 Å². The number of likely N-dealkylation sites (tertiary alicyclic amines) is 1. The van der Waals surface area contributed by atoms with Crippen molar-refractivity contribution in [3.63, 3.8) is 0 Å². The number of benzene rings is 1. The highest BCUT2D eigenvalue weighted by Crippen LogP contribution is 2.20. The van der Waals surface area contributed by atoms with Gasteiger partial charge in [-0.25, -0.2) is 0 Å². The second-order valence-electron chi connectivity index (χ2n) is 4.58. The van der Waals surface area contributed by atoms with E-state index in [-0.39, 0.29) is 5.91 Å². The second kappa shape index (κ2) is 5.88. The Morgan fingerprint density at radius 1 is 1.33 bits per heavy atom. The standard InChI is InChI=1S/C14H15ClN2O/c15-9-11-5-7-17(8-6-11)14(18)13-3-1-12(10-16)2-4-13/h1-4,11H,5-9H2. The first-order valence-electron chi connectivity index (χ1n) is 6.10. The van der Waals surface area contributed by atoms with Gasteiger partial charge in [0.05, 0.1) is 11.6 Å². The van der Waals surface area contributed by atoms with Crippen molar-refractivity contribution in [1.29, 1.82) is 5.26 Å². The van der Waals surface area contributed by atoms with Gasteiger partial charge in [-0.2, -0.15) is 5.26 Å². The molecule has 0 unspecified atom stereocenters. The van der Waals surface area contributed by atoms with Crippen LogP contribution >= 0.6 is 11.6 Å². The van der Waals surface area contributed by atoms with E-state index in [9.17, 15) is 4.79 Å². The number of rotatable bonds is 2. The first kappa shape index (κ1) is 12.9.